The molecule has 1 unspecified atom stereocenters. The average Bonchev–Trinajstić information content (AvgIpc) is 3.33. The molecular formula is C25H35IN6O. The molecule has 0 radical (unpaired) electrons. The highest BCUT2D eigenvalue weighted by Crippen LogP contribution is 2.19. The predicted molar refractivity (Wildman–Crippen MR) is 147 cm³/mol. The maximum absolute atomic E-state index is 12.7. The Morgan fingerprint density at radius 3 is 2.12 bits per heavy atom. The summed E-state index contributed by atoms with van der Waals surface area (Å²) in [6.45, 7) is 5.89. The molecule has 2 fully saturated rings. The number of piperazine rings is 1. The molecule has 2 aliphatic rings. The van der Waals surface area contributed by atoms with E-state index >= 15 is 0 Å². The molecule has 2 aliphatic heterocycles. The molecule has 33 heavy (non-hydrogen) atoms. The molecular weight excluding hydrogens is 527 g/mol. The zero-order chi connectivity index (χ0) is 22.2. The molecule has 2 aromatic carbocycles. The van der Waals surface area contributed by atoms with E-state index in [0.29, 0.717) is 19.0 Å². The molecule has 0 aliphatic carbocycles. The lowest BCUT2D eigenvalue weighted by Gasteiger charge is -2.36. The van der Waals surface area contributed by atoms with Crippen molar-refractivity contribution in [3.63, 3.8) is 0 Å². The van der Waals surface area contributed by atoms with Crippen LogP contribution in [-0.4, -0.2) is 75.7 Å². The van der Waals surface area contributed by atoms with E-state index < -0.39 is 0 Å². The van der Waals surface area contributed by atoms with Crippen LogP contribution >= 0.6 is 24.0 Å². The standard InChI is InChI=1S/C25H34N6O.HI/c1-26-25(28-21-13-15-31(20-21)23-10-6-3-7-11-23)27-14-12-24(32)30-18-16-29(17-19-30)22-8-4-2-5-9-22;/h2-11,21H,12-20H2,1H3,(H2,26,27,28);1H. The van der Waals surface area contributed by atoms with Gasteiger partial charge < -0.3 is 25.3 Å². The number of benzene rings is 2. The molecule has 2 saturated heterocycles. The van der Waals surface area contributed by atoms with Gasteiger partial charge in [-0.2, -0.15) is 0 Å². The number of halogens is 1. The molecule has 2 N–H and O–H groups in total. The van der Waals surface area contributed by atoms with Gasteiger partial charge in [-0.1, -0.05) is 36.4 Å². The number of aliphatic imine (C=N–C) groups is 1. The Balaban J connectivity index is 0.00000306. The van der Waals surface area contributed by atoms with E-state index in [2.05, 4.69) is 74.0 Å². The number of nitrogens with one attached hydrogen (secondary N) is 2. The number of amides is 1. The van der Waals surface area contributed by atoms with Crippen LogP contribution in [0, 0.1) is 0 Å². The zero-order valence-electron chi connectivity index (χ0n) is 19.3. The van der Waals surface area contributed by atoms with Crippen LogP contribution in [0.3, 0.4) is 0 Å². The summed E-state index contributed by atoms with van der Waals surface area (Å²) in [5, 5.41) is 6.83. The lowest BCUT2D eigenvalue weighted by atomic mass is 10.2. The van der Waals surface area contributed by atoms with E-state index in [4.69, 9.17) is 0 Å². The third-order valence-corrected chi connectivity index (χ3v) is 6.26. The second-order valence-corrected chi connectivity index (χ2v) is 8.36. The number of carbonyl (C=O) groups excluding carboxylic acids is 1. The Bertz CT molecular complexity index is 886. The van der Waals surface area contributed by atoms with Crippen molar-refractivity contribution in [2.75, 3.05) is 62.7 Å². The van der Waals surface area contributed by atoms with Crippen molar-refractivity contribution >= 4 is 47.2 Å². The summed E-state index contributed by atoms with van der Waals surface area (Å²) in [6, 6.07) is 21.3. The monoisotopic (exact) mass is 562 g/mol. The second kappa shape index (κ2) is 12.7. The molecule has 0 saturated carbocycles. The zero-order valence-corrected chi connectivity index (χ0v) is 21.7. The van der Waals surface area contributed by atoms with E-state index in [0.717, 1.165) is 51.6 Å². The van der Waals surface area contributed by atoms with Crippen molar-refractivity contribution in [2.24, 2.45) is 4.99 Å². The van der Waals surface area contributed by atoms with E-state index in [9.17, 15) is 4.79 Å². The lowest BCUT2D eigenvalue weighted by molar-refractivity contribution is -0.131. The normalized spacial score (nSPS) is 18.6. The Morgan fingerprint density at radius 1 is 0.909 bits per heavy atom. The van der Waals surface area contributed by atoms with Crippen molar-refractivity contribution in [3.05, 3.63) is 60.7 Å². The summed E-state index contributed by atoms with van der Waals surface area (Å²) >= 11 is 0. The number of rotatable bonds is 6. The second-order valence-electron chi connectivity index (χ2n) is 8.36. The maximum atomic E-state index is 12.7. The first-order valence-corrected chi connectivity index (χ1v) is 11.6. The summed E-state index contributed by atoms with van der Waals surface area (Å²) in [5.74, 6) is 0.975. The Kier molecular flexibility index (Phi) is 9.65. The minimum Gasteiger partial charge on any atom is -0.369 e. The third-order valence-electron chi connectivity index (χ3n) is 6.26. The van der Waals surface area contributed by atoms with Gasteiger partial charge in [0.25, 0.3) is 0 Å². The smallest absolute Gasteiger partial charge is 0.224 e. The van der Waals surface area contributed by atoms with E-state index in [1.54, 1.807) is 7.05 Å². The number of guanidine groups is 1. The molecule has 8 heteroatoms. The largest absolute Gasteiger partial charge is 0.369 e. The van der Waals surface area contributed by atoms with Crippen molar-refractivity contribution < 1.29 is 4.79 Å². The Morgan fingerprint density at radius 2 is 1.52 bits per heavy atom. The Hall–Kier alpha value is -2.49. The number of hydrogen-bond donors (Lipinski definition) is 2. The number of nitrogens with zero attached hydrogens (tertiary/aromatic N) is 4. The fourth-order valence-corrected chi connectivity index (χ4v) is 4.44. The average molecular weight is 563 g/mol. The van der Waals surface area contributed by atoms with Crippen LogP contribution in [0.15, 0.2) is 65.7 Å². The lowest BCUT2D eigenvalue weighted by Crippen LogP contribution is -2.50. The van der Waals surface area contributed by atoms with Gasteiger partial charge in [0.1, 0.15) is 0 Å². The molecule has 1 amide bonds. The molecule has 1 atom stereocenters. The van der Waals surface area contributed by atoms with Crippen molar-refractivity contribution in [1.29, 1.82) is 0 Å². The summed E-state index contributed by atoms with van der Waals surface area (Å²) in [6.07, 6.45) is 1.55. The minimum absolute atomic E-state index is 0. The van der Waals surface area contributed by atoms with Gasteiger partial charge >= 0.3 is 0 Å². The van der Waals surface area contributed by atoms with Crippen LogP contribution < -0.4 is 20.4 Å². The van der Waals surface area contributed by atoms with Crippen LogP contribution in [0.5, 0.6) is 0 Å². The molecule has 0 spiro atoms. The topological polar surface area (TPSA) is 63.2 Å². The quantitative estimate of drug-likeness (QED) is 0.322. The minimum atomic E-state index is 0. The van der Waals surface area contributed by atoms with Gasteiger partial charge in [0, 0.05) is 76.7 Å². The van der Waals surface area contributed by atoms with Crippen molar-refractivity contribution in [3.8, 4) is 0 Å². The molecule has 178 valence electrons. The van der Waals surface area contributed by atoms with E-state index in [1.807, 2.05) is 17.0 Å². The predicted octanol–water partition coefficient (Wildman–Crippen LogP) is 2.79. The molecule has 0 bridgehead atoms. The van der Waals surface area contributed by atoms with Gasteiger partial charge in [0.2, 0.25) is 5.91 Å². The highest BCUT2D eigenvalue weighted by Gasteiger charge is 2.24. The van der Waals surface area contributed by atoms with Crippen LogP contribution in [0.1, 0.15) is 12.8 Å². The maximum Gasteiger partial charge on any atom is 0.224 e. The summed E-state index contributed by atoms with van der Waals surface area (Å²) in [7, 11) is 1.78. The van der Waals surface area contributed by atoms with E-state index in [1.165, 1.54) is 11.4 Å². The summed E-state index contributed by atoms with van der Waals surface area (Å²) < 4.78 is 0. The van der Waals surface area contributed by atoms with Gasteiger partial charge in [0.15, 0.2) is 5.96 Å². The third kappa shape index (κ3) is 6.99. The van der Waals surface area contributed by atoms with Crippen LogP contribution in [0.25, 0.3) is 0 Å². The summed E-state index contributed by atoms with van der Waals surface area (Å²) in [4.78, 5) is 23.7. The fourth-order valence-electron chi connectivity index (χ4n) is 4.44. The van der Waals surface area contributed by atoms with Gasteiger partial charge in [0.05, 0.1) is 0 Å². The molecule has 2 aromatic rings. The highest BCUT2D eigenvalue weighted by atomic mass is 127. The van der Waals surface area contributed by atoms with Gasteiger partial charge in [-0.15, -0.1) is 24.0 Å². The van der Waals surface area contributed by atoms with E-state index in [-0.39, 0.29) is 29.9 Å². The number of hydrogen-bond acceptors (Lipinski definition) is 4. The van der Waals surface area contributed by atoms with Crippen LogP contribution in [0.2, 0.25) is 0 Å². The first-order valence-electron chi connectivity index (χ1n) is 11.6. The number of anilines is 2. The van der Waals surface area contributed by atoms with Gasteiger partial charge in [-0.05, 0) is 30.7 Å². The molecule has 0 aromatic heterocycles. The number of carbonyl (C=O) groups is 1. The fraction of sp³-hybridized carbons (Fsp3) is 0.440. The highest BCUT2D eigenvalue weighted by molar-refractivity contribution is 14.0. The molecule has 4 rings (SSSR count). The Labute approximate surface area is 214 Å². The SMILES string of the molecule is CN=C(NCCC(=O)N1CCN(c2ccccc2)CC1)NC1CCN(c2ccccc2)C1.I. The molecule has 2 heterocycles. The van der Waals surface area contributed by atoms with Crippen LogP contribution in [0.4, 0.5) is 11.4 Å². The summed E-state index contributed by atoms with van der Waals surface area (Å²) in [5.41, 5.74) is 2.49. The number of para-hydroxylation sites is 2. The van der Waals surface area contributed by atoms with Crippen LogP contribution in [-0.2, 0) is 4.79 Å². The molecule has 7 nitrogen and oxygen atoms in total. The van der Waals surface area contributed by atoms with Gasteiger partial charge in [-0.3, -0.25) is 9.79 Å². The van der Waals surface area contributed by atoms with Crippen molar-refractivity contribution in [1.82, 2.24) is 15.5 Å². The first kappa shape index (κ1) is 25.1. The van der Waals surface area contributed by atoms with Gasteiger partial charge in [-0.25, -0.2) is 0 Å². The first-order chi connectivity index (χ1) is 15.7. The van der Waals surface area contributed by atoms with Crippen molar-refractivity contribution in [2.45, 2.75) is 18.9 Å².